The minimum absolute atomic E-state index is 0.0113. The van der Waals surface area contributed by atoms with Crippen molar-refractivity contribution in [1.82, 2.24) is 0 Å². The number of hydrogen-bond acceptors (Lipinski definition) is 2. The predicted molar refractivity (Wildman–Crippen MR) is 34.4 cm³/mol. The van der Waals surface area contributed by atoms with Gasteiger partial charge in [0.05, 0.1) is 0 Å². The fourth-order valence-corrected chi connectivity index (χ4v) is 2.64. The van der Waals surface area contributed by atoms with Crippen LogP contribution in [0.15, 0.2) is 0 Å². The Morgan fingerprint density at radius 3 is 2.11 bits per heavy atom. The summed E-state index contributed by atoms with van der Waals surface area (Å²) in [6, 6.07) is 0.483. The van der Waals surface area contributed by atoms with Gasteiger partial charge in [0.1, 0.15) is 0 Å². The third kappa shape index (κ3) is 2.39. The molecule has 0 amide bonds. The van der Waals surface area contributed by atoms with Crippen molar-refractivity contribution in [3.8, 4) is 0 Å². The first-order valence-electron chi connectivity index (χ1n) is 3.40. The maximum atomic E-state index is 5.72. The van der Waals surface area contributed by atoms with Gasteiger partial charge in [-0.2, -0.15) is 0 Å². The molecule has 0 radical (unpaired) electrons. The molecule has 1 fully saturated rings. The molecule has 0 heterocycles. The zero-order chi connectivity index (χ0) is 6.69. The average Bonchev–Trinajstić information content (AvgIpc) is 1.90. The second-order valence-electron chi connectivity index (χ2n) is 2.64. The summed E-state index contributed by atoms with van der Waals surface area (Å²) in [6.07, 6.45) is 5.01. The zero-order valence-corrected chi connectivity index (χ0v) is 7.67. The van der Waals surface area contributed by atoms with Crippen LogP contribution >= 0.6 is 0 Å². The first-order valence-corrected chi connectivity index (χ1v) is 5.89. The molecule has 2 nitrogen and oxygen atoms in total. The molecule has 0 saturated heterocycles. The Hall–Kier alpha value is 0.650. The Bertz CT molecular complexity index is 79.1. The summed E-state index contributed by atoms with van der Waals surface area (Å²) in [6.45, 7) is 0. The molecule has 4 N–H and O–H groups in total. The molecule has 0 aromatic heterocycles. The van der Waals surface area contributed by atoms with Gasteiger partial charge < -0.3 is 0 Å². The van der Waals surface area contributed by atoms with Crippen LogP contribution in [0, 0.1) is 0 Å². The summed E-state index contributed by atoms with van der Waals surface area (Å²) < 4.78 is 6.50. The molecule has 1 aliphatic rings. The van der Waals surface area contributed by atoms with Crippen molar-refractivity contribution in [2.75, 3.05) is 0 Å². The van der Waals surface area contributed by atoms with Gasteiger partial charge >= 0.3 is 66.8 Å². The van der Waals surface area contributed by atoms with E-state index in [9.17, 15) is 0 Å². The van der Waals surface area contributed by atoms with Crippen LogP contribution in [0.25, 0.3) is 0 Å². The van der Waals surface area contributed by atoms with Crippen LogP contribution in [-0.4, -0.2) is 9.97 Å². The van der Waals surface area contributed by atoms with Gasteiger partial charge in [0.15, 0.2) is 0 Å². The van der Waals surface area contributed by atoms with Crippen LogP contribution in [-0.2, 0) is 0 Å². The Labute approximate surface area is 67.0 Å². The second-order valence-corrected chi connectivity index (χ2v) is 5.12. The molecular weight excluding hydrogens is 227 g/mol. The van der Waals surface area contributed by atoms with Crippen molar-refractivity contribution in [3.63, 3.8) is 0 Å². The molecule has 56 valence electrons. The first kappa shape index (κ1) is 7.75. The van der Waals surface area contributed by atoms with Crippen molar-refractivity contribution >= 4 is 0 Å². The Morgan fingerprint density at radius 2 is 1.67 bits per heavy atom. The summed E-state index contributed by atoms with van der Waals surface area (Å²) in [5.41, 5.74) is 5.72. The summed E-state index contributed by atoms with van der Waals surface area (Å²) in [5.74, 6) is 0. The third-order valence-corrected chi connectivity index (χ3v) is 4.14. The van der Waals surface area contributed by atoms with E-state index in [4.69, 9.17) is 9.68 Å². The van der Waals surface area contributed by atoms with Crippen LogP contribution in [0.1, 0.15) is 25.7 Å². The summed E-state index contributed by atoms with van der Waals surface area (Å²) in [5, 5.41) is 0. The molecule has 3 heteroatoms. The van der Waals surface area contributed by atoms with Gasteiger partial charge in [-0.05, 0) is 0 Å². The number of alkyl halides is 1. The van der Waals surface area contributed by atoms with Crippen LogP contribution in [0.5, 0.6) is 0 Å². The predicted octanol–water partition coefficient (Wildman–Crippen LogP) is -2.78. The van der Waals surface area contributed by atoms with Crippen molar-refractivity contribution < 1.29 is 21.5 Å². The van der Waals surface area contributed by atoms with Gasteiger partial charge in [0.2, 0.25) is 0 Å². The molecule has 9 heavy (non-hydrogen) atoms. The first-order chi connectivity index (χ1) is 4.33. The van der Waals surface area contributed by atoms with Gasteiger partial charge in [-0.1, -0.05) is 0 Å². The van der Waals surface area contributed by atoms with Crippen LogP contribution in [0.4, 0.5) is 0 Å². The maximum absolute atomic E-state index is 5.72. The molecule has 1 saturated carbocycles. The number of rotatable bonds is 1. The van der Waals surface area contributed by atoms with Crippen LogP contribution in [0.3, 0.4) is 0 Å². The molecule has 1 aliphatic carbocycles. The van der Waals surface area contributed by atoms with E-state index in [1.165, 1.54) is 25.7 Å². The third-order valence-electron chi connectivity index (χ3n) is 1.88. The Balaban J connectivity index is 2.18. The van der Waals surface area contributed by atoms with E-state index < -0.39 is 0 Å². The van der Waals surface area contributed by atoms with E-state index in [-0.39, 0.29) is 21.5 Å². The molecule has 0 unspecified atom stereocenters. The quantitative estimate of drug-likeness (QED) is 0.296. The van der Waals surface area contributed by atoms with E-state index in [1.54, 1.807) is 0 Å². The molecule has 0 spiro atoms. The van der Waals surface area contributed by atoms with Crippen LogP contribution < -0.4 is 31.2 Å². The molecular formula is C6H14IN2-. The van der Waals surface area contributed by atoms with Gasteiger partial charge in [0.25, 0.3) is 0 Å². The van der Waals surface area contributed by atoms with Crippen LogP contribution in [0.2, 0.25) is 0 Å². The minimum atomic E-state index is 0.0113. The molecule has 0 bridgehead atoms. The van der Waals surface area contributed by atoms with E-state index >= 15 is 0 Å². The number of halogens is 1. The van der Waals surface area contributed by atoms with E-state index in [0.717, 1.165) is 3.92 Å². The summed E-state index contributed by atoms with van der Waals surface area (Å²) in [7, 11) is 0. The fraction of sp³-hybridized carbons (Fsp3) is 1.00. The number of hydrogen-bond donors (Lipinski definition) is 2. The van der Waals surface area contributed by atoms with E-state index in [0.29, 0.717) is 6.04 Å². The molecule has 0 aromatic carbocycles. The standard InChI is InChI=1S/C6H14IN2/c8-6-3-1-5(7-9)2-4-6/h5-6H,1-4,8-9H2/q-1. The topological polar surface area (TPSA) is 52.0 Å². The molecule has 0 atom stereocenters. The van der Waals surface area contributed by atoms with Crippen molar-refractivity contribution in [2.45, 2.75) is 35.6 Å². The van der Waals surface area contributed by atoms with Crippen molar-refractivity contribution in [2.24, 2.45) is 9.68 Å². The van der Waals surface area contributed by atoms with E-state index in [2.05, 4.69) is 0 Å². The van der Waals surface area contributed by atoms with E-state index in [1.807, 2.05) is 0 Å². The molecule has 0 aromatic rings. The zero-order valence-electron chi connectivity index (χ0n) is 5.52. The van der Waals surface area contributed by atoms with Gasteiger partial charge in [0, 0.05) is 0 Å². The summed E-state index contributed by atoms with van der Waals surface area (Å²) >= 11 is 0.0113. The monoisotopic (exact) mass is 241 g/mol. The Kier molecular flexibility index (Phi) is 3.21. The van der Waals surface area contributed by atoms with Gasteiger partial charge in [-0.3, -0.25) is 0 Å². The van der Waals surface area contributed by atoms with Gasteiger partial charge in [-0.15, -0.1) is 0 Å². The second kappa shape index (κ2) is 3.73. The normalized spacial score (nSPS) is 37.1. The Morgan fingerprint density at radius 1 is 1.11 bits per heavy atom. The molecule has 1 rings (SSSR count). The fourth-order valence-electron chi connectivity index (χ4n) is 1.20. The average molecular weight is 241 g/mol. The van der Waals surface area contributed by atoms with Gasteiger partial charge in [-0.25, -0.2) is 0 Å². The molecule has 0 aliphatic heterocycles. The van der Waals surface area contributed by atoms with Crippen molar-refractivity contribution in [1.29, 1.82) is 0 Å². The van der Waals surface area contributed by atoms with Crippen molar-refractivity contribution in [3.05, 3.63) is 0 Å². The summed E-state index contributed by atoms with van der Waals surface area (Å²) in [4.78, 5) is 0. The number of nitrogens with two attached hydrogens (primary N) is 2. The SMILES string of the molecule is N[I-]C1CCC(N)CC1.